The summed E-state index contributed by atoms with van der Waals surface area (Å²) < 4.78 is 0. The molecule has 9 aromatic rings. The van der Waals surface area contributed by atoms with Gasteiger partial charge in [0.05, 0.1) is 11.4 Å². The summed E-state index contributed by atoms with van der Waals surface area (Å²) >= 11 is 0. The molecule has 0 fully saturated rings. The molecule has 2 heteroatoms. The summed E-state index contributed by atoms with van der Waals surface area (Å²) in [5.41, 5.74) is 17.4. The Morgan fingerprint density at radius 3 is 1.44 bits per heavy atom. The standard InChI is InChI=1S/C53H38N2/c1-53(2)47-28-14-27-45(51(47)46-32-40-19-9-10-20-41(40)33-48(46)53)42-24-11-22-38(29-42)39-23-13-26-44(31-39)50-34-49(54-52(55-50)36-17-7-4-8-18-36)43-25-12-21-37(30-43)35-15-5-3-6-16-35/h3-34H,1-2H3. The number of hydrogen-bond acceptors (Lipinski definition) is 2. The van der Waals surface area contributed by atoms with Crippen molar-refractivity contribution in [3.8, 4) is 78.4 Å². The van der Waals surface area contributed by atoms with Crippen LogP contribution in [0.3, 0.4) is 0 Å². The van der Waals surface area contributed by atoms with Crippen molar-refractivity contribution in [2.75, 3.05) is 0 Å². The van der Waals surface area contributed by atoms with Crippen LogP contribution in [0, 0.1) is 0 Å². The van der Waals surface area contributed by atoms with Gasteiger partial charge in [0.25, 0.3) is 0 Å². The van der Waals surface area contributed by atoms with Gasteiger partial charge in [-0.05, 0) is 103 Å². The summed E-state index contributed by atoms with van der Waals surface area (Å²) in [5, 5.41) is 2.57. The lowest BCUT2D eigenvalue weighted by atomic mass is 9.81. The van der Waals surface area contributed by atoms with Crippen LogP contribution in [-0.2, 0) is 5.41 Å². The molecule has 0 radical (unpaired) electrons. The van der Waals surface area contributed by atoms with Gasteiger partial charge >= 0.3 is 0 Å². The van der Waals surface area contributed by atoms with Gasteiger partial charge in [-0.25, -0.2) is 9.97 Å². The Balaban J connectivity index is 1.07. The summed E-state index contributed by atoms with van der Waals surface area (Å²) in [5.74, 6) is 0.708. The lowest BCUT2D eigenvalue weighted by molar-refractivity contribution is 0.661. The molecule has 1 aliphatic carbocycles. The molecule has 1 aliphatic rings. The largest absolute Gasteiger partial charge is 0.228 e. The Bertz CT molecular complexity index is 2890. The summed E-state index contributed by atoms with van der Waals surface area (Å²) in [6.07, 6.45) is 0. The first kappa shape index (κ1) is 32.7. The third kappa shape index (κ3) is 5.84. The molecule has 8 aromatic carbocycles. The number of fused-ring (bicyclic) bond motifs is 4. The van der Waals surface area contributed by atoms with E-state index in [1.54, 1.807) is 0 Å². The molecule has 0 saturated carbocycles. The second-order valence-electron chi connectivity index (χ2n) is 15.0. The number of hydrogen-bond donors (Lipinski definition) is 0. The second kappa shape index (κ2) is 13.2. The monoisotopic (exact) mass is 702 g/mol. The fourth-order valence-corrected chi connectivity index (χ4v) is 8.39. The minimum Gasteiger partial charge on any atom is -0.228 e. The zero-order chi connectivity index (χ0) is 36.9. The van der Waals surface area contributed by atoms with Crippen LogP contribution >= 0.6 is 0 Å². The van der Waals surface area contributed by atoms with E-state index in [1.165, 1.54) is 55.3 Å². The first-order valence-electron chi connectivity index (χ1n) is 19.0. The predicted molar refractivity (Wildman–Crippen MR) is 230 cm³/mol. The van der Waals surface area contributed by atoms with Crippen molar-refractivity contribution in [3.05, 3.63) is 205 Å². The van der Waals surface area contributed by atoms with Crippen LogP contribution < -0.4 is 0 Å². The van der Waals surface area contributed by atoms with Gasteiger partial charge in [-0.3, -0.25) is 0 Å². The van der Waals surface area contributed by atoms with E-state index in [2.05, 4.69) is 190 Å². The van der Waals surface area contributed by atoms with Crippen molar-refractivity contribution < 1.29 is 0 Å². The fourth-order valence-electron chi connectivity index (χ4n) is 8.39. The molecule has 10 rings (SSSR count). The Morgan fingerprint density at radius 1 is 0.327 bits per heavy atom. The van der Waals surface area contributed by atoms with Gasteiger partial charge in [0.1, 0.15) is 0 Å². The van der Waals surface area contributed by atoms with Crippen LogP contribution in [0.1, 0.15) is 25.0 Å². The van der Waals surface area contributed by atoms with E-state index in [-0.39, 0.29) is 5.41 Å². The van der Waals surface area contributed by atoms with Gasteiger partial charge in [-0.15, -0.1) is 0 Å². The topological polar surface area (TPSA) is 25.8 Å². The van der Waals surface area contributed by atoms with Crippen LogP contribution in [0.25, 0.3) is 89.2 Å². The quantitative estimate of drug-likeness (QED) is 0.172. The van der Waals surface area contributed by atoms with Crippen LogP contribution in [0.15, 0.2) is 194 Å². The van der Waals surface area contributed by atoms with Crippen LogP contribution in [0.2, 0.25) is 0 Å². The Hall–Kier alpha value is -6.90. The molecule has 1 heterocycles. The number of aromatic nitrogens is 2. The molecule has 1 aromatic heterocycles. The van der Waals surface area contributed by atoms with Gasteiger partial charge in [0.15, 0.2) is 5.82 Å². The number of rotatable bonds is 6. The molecule has 0 aliphatic heterocycles. The van der Waals surface area contributed by atoms with E-state index in [1.807, 2.05) is 18.2 Å². The zero-order valence-corrected chi connectivity index (χ0v) is 30.9. The van der Waals surface area contributed by atoms with Crippen molar-refractivity contribution in [2.24, 2.45) is 0 Å². The highest BCUT2D eigenvalue weighted by Gasteiger charge is 2.37. The molecule has 0 unspecified atom stereocenters. The van der Waals surface area contributed by atoms with Crippen LogP contribution in [0.5, 0.6) is 0 Å². The molecule has 0 amide bonds. The van der Waals surface area contributed by atoms with Gasteiger partial charge in [0, 0.05) is 22.1 Å². The third-order valence-corrected chi connectivity index (χ3v) is 11.3. The first-order chi connectivity index (χ1) is 27.0. The van der Waals surface area contributed by atoms with Crippen LogP contribution in [0.4, 0.5) is 0 Å². The fraction of sp³-hybridized carbons (Fsp3) is 0.0566. The van der Waals surface area contributed by atoms with Crippen molar-refractivity contribution in [3.63, 3.8) is 0 Å². The van der Waals surface area contributed by atoms with Gasteiger partial charge in [-0.1, -0.05) is 172 Å². The SMILES string of the molecule is CC1(C)c2cc3ccccc3cc2-c2c(-c3cccc(-c4cccc(-c5cc(-c6cccc(-c7ccccc7)c6)nc(-c6ccccc6)n5)c4)c3)cccc21. The highest BCUT2D eigenvalue weighted by molar-refractivity contribution is 5.99. The normalized spacial score (nSPS) is 12.7. The summed E-state index contributed by atoms with van der Waals surface area (Å²) in [6, 6.07) is 69.6. The summed E-state index contributed by atoms with van der Waals surface area (Å²) in [6.45, 7) is 4.72. The second-order valence-corrected chi connectivity index (χ2v) is 15.0. The maximum atomic E-state index is 5.16. The zero-order valence-electron chi connectivity index (χ0n) is 30.9. The molecule has 2 nitrogen and oxygen atoms in total. The van der Waals surface area contributed by atoms with Crippen molar-refractivity contribution in [1.82, 2.24) is 9.97 Å². The van der Waals surface area contributed by atoms with Gasteiger partial charge < -0.3 is 0 Å². The van der Waals surface area contributed by atoms with Crippen molar-refractivity contribution >= 4 is 10.8 Å². The maximum Gasteiger partial charge on any atom is 0.160 e. The number of benzene rings is 8. The highest BCUT2D eigenvalue weighted by atomic mass is 14.9. The van der Waals surface area contributed by atoms with Crippen LogP contribution in [-0.4, -0.2) is 9.97 Å². The average Bonchev–Trinajstić information content (AvgIpc) is 3.48. The first-order valence-corrected chi connectivity index (χ1v) is 19.0. The Kier molecular flexibility index (Phi) is 7.85. The Labute approximate surface area is 322 Å². The lowest BCUT2D eigenvalue weighted by Gasteiger charge is -2.22. The van der Waals surface area contributed by atoms with E-state index >= 15 is 0 Å². The summed E-state index contributed by atoms with van der Waals surface area (Å²) in [4.78, 5) is 10.3. The molecular formula is C53H38N2. The third-order valence-electron chi connectivity index (χ3n) is 11.3. The molecular weight excluding hydrogens is 665 g/mol. The molecule has 55 heavy (non-hydrogen) atoms. The molecule has 0 bridgehead atoms. The van der Waals surface area contributed by atoms with Crippen molar-refractivity contribution in [1.29, 1.82) is 0 Å². The molecule has 0 spiro atoms. The minimum atomic E-state index is -0.0888. The highest BCUT2D eigenvalue weighted by Crippen LogP contribution is 2.53. The lowest BCUT2D eigenvalue weighted by Crippen LogP contribution is -2.14. The van der Waals surface area contributed by atoms with Gasteiger partial charge in [0.2, 0.25) is 0 Å². The number of nitrogens with zero attached hydrogens (tertiary/aromatic N) is 2. The molecule has 0 atom stereocenters. The summed E-state index contributed by atoms with van der Waals surface area (Å²) in [7, 11) is 0. The van der Waals surface area contributed by atoms with Gasteiger partial charge in [-0.2, -0.15) is 0 Å². The van der Waals surface area contributed by atoms with E-state index in [9.17, 15) is 0 Å². The molecule has 0 saturated heterocycles. The van der Waals surface area contributed by atoms with E-state index in [0.717, 1.165) is 39.2 Å². The van der Waals surface area contributed by atoms with Crippen molar-refractivity contribution in [2.45, 2.75) is 19.3 Å². The van der Waals surface area contributed by atoms with E-state index in [0.29, 0.717) is 5.82 Å². The Morgan fingerprint density at radius 2 is 0.800 bits per heavy atom. The minimum absolute atomic E-state index is 0.0888. The van der Waals surface area contributed by atoms with E-state index in [4.69, 9.17) is 9.97 Å². The van der Waals surface area contributed by atoms with E-state index < -0.39 is 0 Å². The molecule has 0 N–H and O–H groups in total. The average molecular weight is 703 g/mol. The maximum absolute atomic E-state index is 5.16. The molecule has 260 valence electrons. The predicted octanol–water partition coefficient (Wildman–Crippen LogP) is 13.9. The smallest absolute Gasteiger partial charge is 0.160 e.